The molecule has 0 saturated heterocycles. The van der Waals surface area contributed by atoms with Crippen LogP contribution in [-0.2, 0) is 14.8 Å². The van der Waals surface area contributed by atoms with Crippen LogP contribution in [0.15, 0.2) is 53.6 Å². The minimum atomic E-state index is -3.64. The number of rotatable bonds is 7. The van der Waals surface area contributed by atoms with Crippen LogP contribution < -0.4 is 10.0 Å². The summed E-state index contributed by atoms with van der Waals surface area (Å²) in [5.41, 5.74) is 3.37. The highest BCUT2D eigenvalue weighted by Crippen LogP contribution is 2.13. The number of aromatic nitrogens is 3. The molecular formula is C20H23N5O3S. The lowest BCUT2D eigenvalue weighted by Crippen LogP contribution is -2.27. The van der Waals surface area contributed by atoms with Gasteiger partial charge in [-0.05, 0) is 51.1 Å². The summed E-state index contributed by atoms with van der Waals surface area (Å²) < 4.78 is 28.6. The van der Waals surface area contributed by atoms with Crippen LogP contribution in [0.5, 0.6) is 0 Å². The van der Waals surface area contributed by atoms with Crippen LogP contribution in [0.1, 0.15) is 23.4 Å². The van der Waals surface area contributed by atoms with Crippen LogP contribution in [0, 0.1) is 20.8 Å². The number of nitrogens with zero attached hydrogens (tertiary/aromatic N) is 3. The first-order valence-electron chi connectivity index (χ1n) is 9.10. The predicted octanol–water partition coefficient (Wildman–Crippen LogP) is 2.50. The molecule has 0 aliphatic heterocycles. The lowest BCUT2D eigenvalue weighted by Gasteiger charge is -2.09. The van der Waals surface area contributed by atoms with Gasteiger partial charge in [-0.3, -0.25) is 4.79 Å². The van der Waals surface area contributed by atoms with Crippen LogP contribution >= 0.6 is 0 Å². The fraction of sp³-hybridized carbons (Fsp3) is 0.250. The van der Waals surface area contributed by atoms with Crippen molar-refractivity contribution in [1.29, 1.82) is 0 Å². The number of carbonyl (C=O) groups is 1. The second-order valence-corrected chi connectivity index (χ2v) is 8.52. The molecule has 9 heteroatoms. The zero-order chi connectivity index (χ0) is 21.0. The maximum atomic E-state index is 12.2. The average molecular weight is 414 g/mol. The number of carbonyl (C=O) groups excluding carboxylic acids is 1. The number of anilines is 1. The predicted molar refractivity (Wildman–Crippen MR) is 110 cm³/mol. The Hall–Kier alpha value is -3.04. The molecule has 3 aromatic rings. The molecule has 0 atom stereocenters. The van der Waals surface area contributed by atoms with E-state index >= 15 is 0 Å². The summed E-state index contributed by atoms with van der Waals surface area (Å²) >= 11 is 0. The molecule has 3 rings (SSSR count). The smallest absolute Gasteiger partial charge is 0.240 e. The van der Waals surface area contributed by atoms with Gasteiger partial charge in [0, 0.05) is 18.7 Å². The molecule has 0 aliphatic carbocycles. The number of benzene rings is 1. The molecule has 2 N–H and O–H groups in total. The number of pyridine rings is 1. The van der Waals surface area contributed by atoms with Crippen LogP contribution in [0.4, 0.5) is 5.69 Å². The standard InChI is InChI=1S/C20H23N5O3S/c1-14-4-7-18(8-5-14)29(27,28)22-11-10-20(26)23-17-6-9-19(21-13-17)25-16(3)12-15(2)24-25/h4-9,12-13,22H,10-11H2,1-3H3,(H,23,26). The molecule has 1 aromatic carbocycles. The highest BCUT2D eigenvalue weighted by molar-refractivity contribution is 7.89. The summed E-state index contributed by atoms with van der Waals surface area (Å²) in [6.45, 7) is 5.73. The topological polar surface area (TPSA) is 106 Å². The maximum absolute atomic E-state index is 12.2. The lowest BCUT2D eigenvalue weighted by molar-refractivity contribution is -0.116. The monoisotopic (exact) mass is 413 g/mol. The van der Waals surface area contributed by atoms with Crippen molar-refractivity contribution in [3.63, 3.8) is 0 Å². The SMILES string of the molecule is Cc1ccc(S(=O)(=O)NCCC(=O)Nc2ccc(-n3nc(C)cc3C)nc2)cc1. The Morgan fingerprint density at radius 2 is 1.79 bits per heavy atom. The molecule has 0 radical (unpaired) electrons. The number of hydrogen-bond donors (Lipinski definition) is 2. The molecule has 29 heavy (non-hydrogen) atoms. The molecule has 0 unspecified atom stereocenters. The van der Waals surface area contributed by atoms with E-state index in [1.807, 2.05) is 26.8 Å². The van der Waals surface area contributed by atoms with Crippen molar-refractivity contribution in [3.05, 3.63) is 65.6 Å². The molecule has 0 fully saturated rings. The van der Waals surface area contributed by atoms with Gasteiger partial charge in [0.2, 0.25) is 15.9 Å². The third kappa shape index (κ3) is 5.27. The summed E-state index contributed by atoms with van der Waals surface area (Å²) in [6, 6.07) is 12.0. The largest absolute Gasteiger partial charge is 0.325 e. The quantitative estimate of drug-likeness (QED) is 0.619. The Kier molecular flexibility index (Phi) is 6.09. The van der Waals surface area contributed by atoms with E-state index < -0.39 is 10.0 Å². The lowest BCUT2D eigenvalue weighted by atomic mass is 10.2. The third-order valence-corrected chi connectivity index (χ3v) is 5.71. The van der Waals surface area contributed by atoms with Gasteiger partial charge in [-0.2, -0.15) is 5.10 Å². The van der Waals surface area contributed by atoms with Crippen molar-refractivity contribution in [2.75, 3.05) is 11.9 Å². The van der Waals surface area contributed by atoms with Gasteiger partial charge in [0.1, 0.15) is 0 Å². The van der Waals surface area contributed by atoms with Crippen molar-refractivity contribution in [3.8, 4) is 5.82 Å². The van der Waals surface area contributed by atoms with Crippen molar-refractivity contribution in [1.82, 2.24) is 19.5 Å². The van der Waals surface area contributed by atoms with Crippen molar-refractivity contribution < 1.29 is 13.2 Å². The van der Waals surface area contributed by atoms with Crippen molar-refractivity contribution >= 4 is 21.6 Å². The summed E-state index contributed by atoms with van der Waals surface area (Å²) in [5.74, 6) is 0.344. The van der Waals surface area contributed by atoms with Crippen LogP contribution in [-0.4, -0.2) is 35.6 Å². The Morgan fingerprint density at radius 3 is 2.38 bits per heavy atom. The molecular weight excluding hydrogens is 390 g/mol. The second-order valence-electron chi connectivity index (χ2n) is 6.75. The molecule has 8 nitrogen and oxygen atoms in total. The molecule has 0 saturated carbocycles. The zero-order valence-corrected chi connectivity index (χ0v) is 17.3. The highest BCUT2D eigenvalue weighted by Gasteiger charge is 2.14. The second kappa shape index (κ2) is 8.54. The van der Waals surface area contributed by atoms with Crippen molar-refractivity contribution in [2.24, 2.45) is 0 Å². The maximum Gasteiger partial charge on any atom is 0.240 e. The van der Waals surface area contributed by atoms with Gasteiger partial charge < -0.3 is 5.32 Å². The van der Waals surface area contributed by atoms with Gasteiger partial charge in [-0.1, -0.05) is 17.7 Å². The number of amides is 1. The van der Waals surface area contributed by atoms with E-state index in [2.05, 4.69) is 20.1 Å². The van der Waals surface area contributed by atoms with E-state index in [0.29, 0.717) is 11.5 Å². The summed E-state index contributed by atoms with van der Waals surface area (Å²) in [4.78, 5) is 16.6. The first-order valence-corrected chi connectivity index (χ1v) is 10.6. The Bertz CT molecular complexity index is 1100. The van der Waals surface area contributed by atoms with E-state index in [-0.39, 0.29) is 23.8 Å². The molecule has 1 amide bonds. The van der Waals surface area contributed by atoms with Gasteiger partial charge >= 0.3 is 0 Å². The normalized spacial score (nSPS) is 11.4. The fourth-order valence-corrected chi connectivity index (χ4v) is 3.80. The number of hydrogen-bond acceptors (Lipinski definition) is 5. The van der Waals surface area contributed by atoms with E-state index in [1.165, 1.54) is 12.1 Å². The number of sulfonamides is 1. The molecule has 152 valence electrons. The van der Waals surface area contributed by atoms with Crippen LogP contribution in [0.25, 0.3) is 5.82 Å². The number of aryl methyl sites for hydroxylation is 3. The van der Waals surface area contributed by atoms with E-state index in [0.717, 1.165) is 17.0 Å². The fourth-order valence-electron chi connectivity index (χ4n) is 2.77. The van der Waals surface area contributed by atoms with Gasteiger partial charge in [0.05, 0.1) is 22.5 Å². The van der Waals surface area contributed by atoms with Gasteiger partial charge in [-0.15, -0.1) is 0 Å². The molecule has 0 spiro atoms. The van der Waals surface area contributed by atoms with E-state index in [1.54, 1.807) is 35.1 Å². The van der Waals surface area contributed by atoms with Gasteiger partial charge in [-0.25, -0.2) is 22.8 Å². The molecule has 2 heterocycles. The molecule has 0 aliphatic rings. The summed E-state index contributed by atoms with van der Waals surface area (Å²) in [7, 11) is -3.64. The minimum Gasteiger partial charge on any atom is -0.325 e. The van der Waals surface area contributed by atoms with Crippen LogP contribution in [0.3, 0.4) is 0 Å². The van der Waals surface area contributed by atoms with Crippen LogP contribution in [0.2, 0.25) is 0 Å². The first-order chi connectivity index (χ1) is 13.7. The highest BCUT2D eigenvalue weighted by atomic mass is 32.2. The minimum absolute atomic E-state index is 0.000681. The first kappa shape index (κ1) is 20.7. The summed E-state index contributed by atoms with van der Waals surface area (Å²) in [5, 5.41) is 7.07. The molecule has 0 bridgehead atoms. The Labute approximate surface area is 170 Å². The van der Waals surface area contributed by atoms with Gasteiger partial charge in [0.25, 0.3) is 0 Å². The third-order valence-electron chi connectivity index (χ3n) is 4.23. The number of nitrogens with one attached hydrogen (secondary N) is 2. The Morgan fingerprint density at radius 1 is 1.07 bits per heavy atom. The summed E-state index contributed by atoms with van der Waals surface area (Å²) in [6.07, 6.45) is 1.55. The zero-order valence-electron chi connectivity index (χ0n) is 16.5. The van der Waals surface area contributed by atoms with Crippen molar-refractivity contribution in [2.45, 2.75) is 32.1 Å². The Balaban J connectivity index is 1.53. The average Bonchev–Trinajstić information content (AvgIpc) is 3.00. The van der Waals surface area contributed by atoms with Gasteiger partial charge in [0.15, 0.2) is 5.82 Å². The van der Waals surface area contributed by atoms with E-state index in [4.69, 9.17) is 0 Å². The molecule has 2 aromatic heterocycles. The van der Waals surface area contributed by atoms with E-state index in [9.17, 15) is 13.2 Å².